The first kappa shape index (κ1) is 13.5. The van der Waals surface area contributed by atoms with E-state index in [0.29, 0.717) is 6.04 Å². The van der Waals surface area contributed by atoms with Gasteiger partial charge < -0.3 is 5.11 Å². The lowest BCUT2D eigenvalue weighted by Gasteiger charge is -2.35. The summed E-state index contributed by atoms with van der Waals surface area (Å²) < 4.78 is 12.8. The first-order valence-corrected chi connectivity index (χ1v) is 6.89. The summed E-state index contributed by atoms with van der Waals surface area (Å²) in [7, 11) is 0. The van der Waals surface area contributed by atoms with E-state index in [-0.39, 0.29) is 12.4 Å². The van der Waals surface area contributed by atoms with Gasteiger partial charge in [0, 0.05) is 19.2 Å². The number of hydrogen-bond acceptors (Lipinski definition) is 2. The van der Waals surface area contributed by atoms with Gasteiger partial charge in [-0.2, -0.15) is 0 Å². The Balaban J connectivity index is 1.85. The number of benzene rings is 1. The fourth-order valence-corrected chi connectivity index (χ4v) is 2.75. The third-order valence-corrected chi connectivity index (χ3v) is 3.81. The molecule has 1 heterocycles. The molecule has 0 radical (unpaired) electrons. The van der Waals surface area contributed by atoms with Crippen molar-refractivity contribution in [3.05, 3.63) is 35.6 Å². The summed E-state index contributed by atoms with van der Waals surface area (Å²) in [6.45, 7) is 2.42. The van der Waals surface area contributed by atoms with E-state index in [1.54, 1.807) is 0 Å². The predicted molar refractivity (Wildman–Crippen MR) is 71.0 cm³/mol. The van der Waals surface area contributed by atoms with Gasteiger partial charge in [-0.1, -0.05) is 18.6 Å². The van der Waals surface area contributed by atoms with Crippen LogP contribution in [0.1, 0.15) is 31.2 Å². The fraction of sp³-hybridized carbons (Fsp3) is 0.600. The van der Waals surface area contributed by atoms with Gasteiger partial charge in [-0.3, -0.25) is 4.90 Å². The van der Waals surface area contributed by atoms with E-state index in [1.807, 2.05) is 12.1 Å². The maximum absolute atomic E-state index is 12.8. The van der Waals surface area contributed by atoms with Crippen LogP contribution < -0.4 is 0 Å². The normalized spacial score (nSPS) is 21.1. The number of rotatable bonds is 5. The minimum absolute atomic E-state index is 0.171. The lowest BCUT2D eigenvalue weighted by Crippen LogP contribution is -2.41. The monoisotopic (exact) mass is 251 g/mol. The number of nitrogens with zero attached hydrogens (tertiary/aromatic N) is 1. The molecule has 3 heteroatoms. The van der Waals surface area contributed by atoms with Crippen LogP contribution in [0, 0.1) is 5.82 Å². The zero-order chi connectivity index (χ0) is 12.8. The Morgan fingerprint density at radius 3 is 2.72 bits per heavy atom. The van der Waals surface area contributed by atoms with Crippen molar-refractivity contribution >= 4 is 0 Å². The SMILES string of the molecule is OCCC1CCCCN1CCc1ccc(F)cc1. The summed E-state index contributed by atoms with van der Waals surface area (Å²) in [4.78, 5) is 2.48. The number of aliphatic hydroxyl groups excluding tert-OH is 1. The Hall–Kier alpha value is -0.930. The molecule has 0 bridgehead atoms. The van der Waals surface area contributed by atoms with E-state index in [9.17, 15) is 4.39 Å². The van der Waals surface area contributed by atoms with Gasteiger partial charge in [-0.05, 0) is 49.9 Å². The van der Waals surface area contributed by atoms with Crippen LogP contribution in [0.2, 0.25) is 0 Å². The molecule has 1 unspecified atom stereocenters. The van der Waals surface area contributed by atoms with Gasteiger partial charge in [-0.25, -0.2) is 4.39 Å². The Morgan fingerprint density at radius 1 is 1.22 bits per heavy atom. The molecule has 1 fully saturated rings. The molecule has 1 atom stereocenters. The number of hydrogen-bond donors (Lipinski definition) is 1. The average molecular weight is 251 g/mol. The van der Waals surface area contributed by atoms with Crippen molar-refractivity contribution in [3.8, 4) is 0 Å². The molecule has 100 valence electrons. The third kappa shape index (κ3) is 3.79. The molecule has 1 saturated heterocycles. The van der Waals surface area contributed by atoms with Gasteiger partial charge in [0.25, 0.3) is 0 Å². The van der Waals surface area contributed by atoms with Crippen LogP contribution >= 0.6 is 0 Å². The van der Waals surface area contributed by atoms with Gasteiger partial charge in [-0.15, -0.1) is 0 Å². The molecule has 1 aromatic rings. The molecular weight excluding hydrogens is 229 g/mol. The predicted octanol–water partition coefficient (Wildman–Crippen LogP) is 2.61. The maximum Gasteiger partial charge on any atom is 0.123 e. The highest BCUT2D eigenvalue weighted by Crippen LogP contribution is 2.19. The van der Waals surface area contributed by atoms with Crippen LogP contribution in [0.4, 0.5) is 4.39 Å². The molecule has 0 spiro atoms. The molecule has 2 rings (SSSR count). The second-order valence-corrected chi connectivity index (χ2v) is 5.07. The second kappa shape index (κ2) is 6.86. The zero-order valence-electron chi connectivity index (χ0n) is 10.8. The summed E-state index contributed by atoms with van der Waals surface area (Å²) in [5.41, 5.74) is 1.18. The number of piperidine rings is 1. The van der Waals surface area contributed by atoms with Crippen LogP contribution in [-0.4, -0.2) is 35.7 Å². The second-order valence-electron chi connectivity index (χ2n) is 5.07. The topological polar surface area (TPSA) is 23.5 Å². The first-order valence-electron chi connectivity index (χ1n) is 6.89. The van der Waals surface area contributed by atoms with Crippen LogP contribution in [0.5, 0.6) is 0 Å². The molecule has 1 N–H and O–H groups in total. The molecule has 0 amide bonds. The van der Waals surface area contributed by atoms with Crippen molar-refractivity contribution in [2.45, 2.75) is 38.1 Å². The van der Waals surface area contributed by atoms with Crippen molar-refractivity contribution < 1.29 is 9.50 Å². The smallest absolute Gasteiger partial charge is 0.123 e. The Morgan fingerprint density at radius 2 is 2.00 bits per heavy atom. The van der Waals surface area contributed by atoms with Gasteiger partial charge in [0.05, 0.1) is 0 Å². The van der Waals surface area contributed by atoms with E-state index in [0.717, 1.165) is 25.9 Å². The highest BCUT2D eigenvalue weighted by Gasteiger charge is 2.21. The molecule has 0 aliphatic carbocycles. The van der Waals surface area contributed by atoms with E-state index in [4.69, 9.17) is 5.11 Å². The molecule has 1 aromatic carbocycles. The molecular formula is C15H22FNO. The maximum atomic E-state index is 12.8. The lowest BCUT2D eigenvalue weighted by atomic mass is 9.99. The van der Waals surface area contributed by atoms with Crippen LogP contribution in [0.3, 0.4) is 0 Å². The standard InChI is InChI=1S/C15H22FNO/c16-14-6-4-13(5-7-14)8-11-17-10-2-1-3-15(17)9-12-18/h4-7,15,18H,1-3,8-12H2. The summed E-state index contributed by atoms with van der Waals surface area (Å²) in [5, 5.41) is 9.08. The van der Waals surface area contributed by atoms with E-state index in [1.165, 1.54) is 37.0 Å². The largest absolute Gasteiger partial charge is 0.396 e. The average Bonchev–Trinajstić information content (AvgIpc) is 2.40. The molecule has 1 aliphatic heterocycles. The summed E-state index contributed by atoms with van der Waals surface area (Å²) in [6.07, 6.45) is 5.57. The van der Waals surface area contributed by atoms with Gasteiger partial charge in [0.15, 0.2) is 0 Å². The molecule has 0 saturated carbocycles. The van der Waals surface area contributed by atoms with Crippen LogP contribution in [-0.2, 0) is 6.42 Å². The van der Waals surface area contributed by atoms with E-state index < -0.39 is 0 Å². The van der Waals surface area contributed by atoms with Crippen molar-refractivity contribution in [2.24, 2.45) is 0 Å². The number of aliphatic hydroxyl groups is 1. The summed E-state index contributed by atoms with van der Waals surface area (Å²) in [6, 6.07) is 7.30. The minimum atomic E-state index is -0.171. The van der Waals surface area contributed by atoms with Crippen molar-refractivity contribution in [3.63, 3.8) is 0 Å². The molecule has 0 aromatic heterocycles. The van der Waals surface area contributed by atoms with Gasteiger partial charge in [0.1, 0.15) is 5.82 Å². The van der Waals surface area contributed by atoms with E-state index >= 15 is 0 Å². The third-order valence-electron chi connectivity index (χ3n) is 3.81. The highest BCUT2D eigenvalue weighted by atomic mass is 19.1. The summed E-state index contributed by atoms with van der Waals surface area (Å²) in [5.74, 6) is -0.171. The van der Waals surface area contributed by atoms with Gasteiger partial charge in [0.2, 0.25) is 0 Å². The zero-order valence-corrected chi connectivity index (χ0v) is 10.8. The first-order chi connectivity index (χ1) is 8.79. The van der Waals surface area contributed by atoms with Crippen LogP contribution in [0.15, 0.2) is 24.3 Å². The Kier molecular flexibility index (Phi) is 5.14. The van der Waals surface area contributed by atoms with Crippen molar-refractivity contribution in [1.82, 2.24) is 4.90 Å². The Bertz CT molecular complexity index is 350. The Labute approximate surface area is 108 Å². The minimum Gasteiger partial charge on any atom is -0.396 e. The summed E-state index contributed by atoms with van der Waals surface area (Å²) >= 11 is 0. The highest BCUT2D eigenvalue weighted by molar-refractivity contribution is 5.16. The van der Waals surface area contributed by atoms with Crippen molar-refractivity contribution in [1.29, 1.82) is 0 Å². The van der Waals surface area contributed by atoms with Crippen molar-refractivity contribution in [2.75, 3.05) is 19.7 Å². The number of likely N-dealkylation sites (tertiary alicyclic amines) is 1. The van der Waals surface area contributed by atoms with Gasteiger partial charge >= 0.3 is 0 Å². The quantitative estimate of drug-likeness (QED) is 0.869. The molecule has 18 heavy (non-hydrogen) atoms. The van der Waals surface area contributed by atoms with Crippen LogP contribution in [0.25, 0.3) is 0 Å². The molecule has 1 aliphatic rings. The number of halogens is 1. The van der Waals surface area contributed by atoms with E-state index in [2.05, 4.69) is 4.90 Å². The molecule has 2 nitrogen and oxygen atoms in total. The fourth-order valence-electron chi connectivity index (χ4n) is 2.75. The lowest BCUT2D eigenvalue weighted by molar-refractivity contribution is 0.120.